The molecule has 5 heteroatoms. The zero-order chi connectivity index (χ0) is 15.5. The van der Waals surface area contributed by atoms with E-state index in [9.17, 15) is 0 Å². The molecule has 0 N–H and O–H groups in total. The van der Waals surface area contributed by atoms with Gasteiger partial charge in [-0.1, -0.05) is 32.1 Å². The molecule has 0 aromatic carbocycles. The zero-order valence-corrected chi connectivity index (χ0v) is 15.0. The molecule has 2 aliphatic heterocycles. The second kappa shape index (κ2) is 7.49. The van der Waals surface area contributed by atoms with Crippen molar-refractivity contribution in [2.24, 2.45) is 5.92 Å². The van der Waals surface area contributed by atoms with E-state index in [4.69, 9.17) is 9.72 Å². The molecular formula is C18H29N3OS. The maximum atomic E-state index is 5.46. The Bertz CT molecular complexity index is 506. The van der Waals surface area contributed by atoms with Crippen molar-refractivity contribution in [2.75, 3.05) is 44.3 Å². The SMILES string of the molecule is C1CCC(CCN2CCc3sc(N4CCOCC4)nc3C2)CC1. The fraction of sp³-hybridized carbons (Fsp3) is 0.833. The molecule has 0 bridgehead atoms. The Kier molecular flexibility index (Phi) is 5.16. The quantitative estimate of drug-likeness (QED) is 0.844. The number of thiazole rings is 1. The molecule has 128 valence electrons. The van der Waals surface area contributed by atoms with Gasteiger partial charge in [-0.3, -0.25) is 4.90 Å². The van der Waals surface area contributed by atoms with Gasteiger partial charge in [0.2, 0.25) is 0 Å². The van der Waals surface area contributed by atoms with Crippen LogP contribution in [0.15, 0.2) is 0 Å². The molecule has 2 fully saturated rings. The Morgan fingerprint density at radius 2 is 1.91 bits per heavy atom. The number of anilines is 1. The van der Waals surface area contributed by atoms with Crippen LogP contribution in [0.4, 0.5) is 5.13 Å². The summed E-state index contributed by atoms with van der Waals surface area (Å²) in [6, 6.07) is 0. The number of morpholine rings is 1. The lowest BCUT2D eigenvalue weighted by atomic mass is 9.87. The fourth-order valence-electron chi connectivity index (χ4n) is 4.16. The molecule has 1 aromatic heterocycles. The van der Waals surface area contributed by atoms with E-state index in [2.05, 4.69) is 9.80 Å². The van der Waals surface area contributed by atoms with E-state index in [-0.39, 0.29) is 0 Å². The molecule has 1 saturated carbocycles. The first kappa shape index (κ1) is 15.9. The summed E-state index contributed by atoms with van der Waals surface area (Å²) >= 11 is 1.92. The molecular weight excluding hydrogens is 306 g/mol. The minimum Gasteiger partial charge on any atom is -0.378 e. The highest BCUT2D eigenvalue weighted by molar-refractivity contribution is 7.15. The summed E-state index contributed by atoms with van der Waals surface area (Å²) in [7, 11) is 0. The predicted octanol–water partition coefficient (Wildman–Crippen LogP) is 3.31. The number of nitrogens with zero attached hydrogens (tertiary/aromatic N) is 3. The summed E-state index contributed by atoms with van der Waals surface area (Å²) in [6.07, 6.45) is 9.92. The van der Waals surface area contributed by atoms with Crippen LogP contribution in [0.3, 0.4) is 0 Å². The Hall–Kier alpha value is -0.650. The summed E-state index contributed by atoms with van der Waals surface area (Å²) in [5.41, 5.74) is 1.35. The van der Waals surface area contributed by atoms with Crippen LogP contribution in [0, 0.1) is 5.92 Å². The number of fused-ring (bicyclic) bond motifs is 1. The molecule has 0 amide bonds. The number of rotatable bonds is 4. The lowest BCUT2D eigenvalue weighted by Crippen LogP contribution is -2.36. The van der Waals surface area contributed by atoms with E-state index >= 15 is 0 Å². The van der Waals surface area contributed by atoms with Gasteiger partial charge in [-0.15, -0.1) is 11.3 Å². The van der Waals surface area contributed by atoms with Gasteiger partial charge in [0.15, 0.2) is 5.13 Å². The summed E-state index contributed by atoms with van der Waals surface area (Å²) in [5, 5.41) is 1.23. The Labute approximate surface area is 143 Å². The highest BCUT2D eigenvalue weighted by Crippen LogP contribution is 2.32. The summed E-state index contributed by atoms with van der Waals surface area (Å²) in [6.45, 7) is 7.26. The molecule has 3 aliphatic rings. The third-order valence-electron chi connectivity index (χ3n) is 5.66. The van der Waals surface area contributed by atoms with E-state index in [0.717, 1.165) is 38.8 Å². The van der Waals surface area contributed by atoms with E-state index < -0.39 is 0 Å². The summed E-state index contributed by atoms with van der Waals surface area (Å²) in [4.78, 5) is 11.5. The second-order valence-electron chi connectivity index (χ2n) is 7.28. The molecule has 1 saturated heterocycles. The Morgan fingerprint density at radius 1 is 1.09 bits per heavy atom. The lowest BCUT2D eigenvalue weighted by molar-refractivity contribution is 0.122. The number of hydrogen-bond acceptors (Lipinski definition) is 5. The van der Waals surface area contributed by atoms with Crippen molar-refractivity contribution in [1.82, 2.24) is 9.88 Å². The second-order valence-corrected chi connectivity index (χ2v) is 8.35. The highest BCUT2D eigenvalue weighted by Gasteiger charge is 2.24. The fourth-order valence-corrected chi connectivity index (χ4v) is 5.27. The molecule has 1 aliphatic carbocycles. The molecule has 0 spiro atoms. The van der Waals surface area contributed by atoms with Gasteiger partial charge in [-0.2, -0.15) is 0 Å². The maximum Gasteiger partial charge on any atom is 0.185 e. The van der Waals surface area contributed by atoms with Crippen LogP contribution >= 0.6 is 11.3 Å². The summed E-state index contributed by atoms with van der Waals surface area (Å²) < 4.78 is 5.46. The Balaban J connectivity index is 1.32. The molecule has 4 nitrogen and oxygen atoms in total. The van der Waals surface area contributed by atoms with Crippen molar-refractivity contribution in [3.05, 3.63) is 10.6 Å². The van der Waals surface area contributed by atoms with Crippen LogP contribution in [-0.4, -0.2) is 49.3 Å². The highest BCUT2D eigenvalue weighted by atomic mass is 32.1. The van der Waals surface area contributed by atoms with Gasteiger partial charge in [0.1, 0.15) is 0 Å². The van der Waals surface area contributed by atoms with Gasteiger partial charge < -0.3 is 9.64 Å². The smallest absolute Gasteiger partial charge is 0.185 e. The first-order valence-corrected chi connectivity index (χ1v) is 10.2. The minimum atomic E-state index is 0.845. The number of hydrogen-bond donors (Lipinski definition) is 0. The first-order valence-electron chi connectivity index (χ1n) is 9.42. The van der Waals surface area contributed by atoms with Crippen LogP contribution in [0.1, 0.15) is 49.1 Å². The van der Waals surface area contributed by atoms with Gasteiger partial charge in [-0.25, -0.2) is 4.98 Å². The zero-order valence-electron chi connectivity index (χ0n) is 14.1. The van der Waals surface area contributed by atoms with Crippen molar-refractivity contribution in [2.45, 2.75) is 51.5 Å². The van der Waals surface area contributed by atoms with E-state index in [0.29, 0.717) is 0 Å². The van der Waals surface area contributed by atoms with E-state index in [1.165, 1.54) is 73.7 Å². The molecule has 1 aromatic rings. The molecule has 4 rings (SSSR count). The number of aromatic nitrogens is 1. The van der Waals surface area contributed by atoms with Crippen molar-refractivity contribution >= 4 is 16.5 Å². The van der Waals surface area contributed by atoms with Crippen molar-refractivity contribution < 1.29 is 4.74 Å². The number of ether oxygens (including phenoxy) is 1. The topological polar surface area (TPSA) is 28.6 Å². The molecule has 0 radical (unpaired) electrons. The van der Waals surface area contributed by atoms with E-state index in [1.807, 2.05) is 11.3 Å². The molecule has 0 unspecified atom stereocenters. The minimum absolute atomic E-state index is 0.845. The largest absolute Gasteiger partial charge is 0.378 e. The normalized spacial score (nSPS) is 23.9. The monoisotopic (exact) mass is 335 g/mol. The Morgan fingerprint density at radius 3 is 2.74 bits per heavy atom. The molecule has 3 heterocycles. The van der Waals surface area contributed by atoms with Gasteiger partial charge in [0.05, 0.1) is 18.9 Å². The standard InChI is InChI=1S/C18H29N3OS/c1-2-4-15(5-3-1)6-8-20-9-7-17-16(14-20)19-18(23-17)21-10-12-22-13-11-21/h15H,1-14H2. The van der Waals surface area contributed by atoms with Gasteiger partial charge in [0, 0.05) is 31.1 Å². The lowest BCUT2D eigenvalue weighted by Gasteiger charge is -2.29. The van der Waals surface area contributed by atoms with Crippen LogP contribution < -0.4 is 4.90 Å². The van der Waals surface area contributed by atoms with Crippen molar-refractivity contribution in [1.29, 1.82) is 0 Å². The third kappa shape index (κ3) is 3.89. The summed E-state index contributed by atoms with van der Waals surface area (Å²) in [5.74, 6) is 0.990. The molecule has 23 heavy (non-hydrogen) atoms. The van der Waals surface area contributed by atoms with Crippen molar-refractivity contribution in [3.8, 4) is 0 Å². The van der Waals surface area contributed by atoms with Crippen LogP contribution in [0.5, 0.6) is 0 Å². The third-order valence-corrected chi connectivity index (χ3v) is 6.87. The van der Waals surface area contributed by atoms with Crippen LogP contribution in [-0.2, 0) is 17.7 Å². The predicted molar refractivity (Wildman–Crippen MR) is 95.3 cm³/mol. The first-order chi connectivity index (χ1) is 11.4. The average Bonchev–Trinajstić information content (AvgIpc) is 3.05. The average molecular weight is 336 g/mol. The van der Waals surface area contributed by atoms with Gasteiger partial charge in [0.25, 0.3) is 0 Å². The van der Waals surface area contributed by atoms with Gasteiger partial charge >= 0.3 is 0 Å². The molecule has 0 atom stereocenters. The van der Waals surface area contributed by atoms with Crippen LogP contribution in [0.2, 0.25) is 0 Å². The maximum absolute atomic E-state index is 5.46. The van der Waals surface area contributed by atoms with Crippen molar-refractivity contribution in [3.63, 3.8) is 0 Å². The van der Waals surface area contributed by atoms with Gasteiger partial charge in [-0.05, 0) is 25.3 Å². The van der Waals surface area contributed by atoms with Crippen LogP contribution in [0.25, 0.3) is 0 Å². The van der Waals surface area contributed by atoms with E-state index in [1.54, 1.807) is 0 Å².